The Bertz CT molecular complexity index is 1060. The van der Waals surface area contributed by atoms with Crippen LogP contribution in [0.3, 0.4) is 0 Å². The molecule has 7 heteroatoms. The van der Waals surface area contributed by atoms with Crippen LogP contribution in [0.4, 0.5) is 4.79 Å². The number of esters is 1. The third-order valence-corrected chi connectivity index (χ3v) is 4.10. The molecule has 142 valence electrons. The highest BCUT2D eigenvalue weighted by Gasteiger charge is 2.25. The molecule has 0 N–H and O–H groups in total. The summed E-state index contributed by atoms with van der Waals surface area (Å²) in [6.45, 7) is 7.16. The molecule has 0 amide bonds. The van der Waals surface area contributed by atoms with E-state index >= 15 is 0 Å². The zero-order chi connectivity index (χ0) is 19.9. The number of pyridine rings is 1. The van der Waals surface area contributed by atoms with Crippen LogP contribution < -0.4 is 4.74 Å². The quantitative estimate of drug-likeness (QED) is 0.633. The van der Waals surface area contributed by atoms with E-state index in [4.69, 9.17) is 14.2 Å². The van der Waals surface area contributed by atoms with Gasteiger partial charge in [-0.25, -0.2) is 19.1 Å². The van der Waals surface area contributed by atoms with E-state index in [0.717, 1.165) is 5.39 Å². The normalized spacial score (nSPS) is 11.6. The number of rotatable bonds is 2. The van der Waals surface area contributed by atoms with Gasteiger partial charge in [0.25, 0.3) is 0 Å². The Morgan fingerprint density at radius 3 is 2.37 bits per heavy atom. The van der Waals surface area contributed by atoms with E-state index in [1.807, 2.05) is 6.07 Å². The first-order valence-corrected chi connectivity index (χ1v) is 8.47. The SMILES string of the molecule is COC(=O)c1cc2c3ccc(OC)cc3n(C(=O)OC(C)(C)C)c2c(C)n1. The second-order valence-corrected chi connectivity index (χ2v) is 7.18. The maximum Gasteiger partial charge on any atom is 0.419 e. The van der Waals surface area contributed by atoms with Gasteiger partial charge in [0.1, 0.15) is 17.0 Å². The number of carbonyl (C=O) groups excluding carboxylic acids is 2. The minimum absolute atomic E-state index is 0.182. The molecule has 0 spiro atoms. The second-order valence-electron chi connectivity index (χ2n) is 7.18. The molecular formula is C20H22N2O5. The van der Waals surface area contributed by atoms with Crippen molar-refractivity contribution in [1.29, 1.82) is 0 Å². The number of aryl methyl sites for hydroxylation is 1. The van der Waals surface area contributed by atoms with Crippen molar-refractivity contribution in [2.45, 2.75) is 33.3 Å². The Morgan fingerprint density at radius 1 is 1.07 bits per heavy atom. The maximum absolute atomic E-state index is 13.0. The van der Waals surface area contributed by atoms with Crippen molar-refractivity contribution in [2.75, 3.05) is 14.2 Å². The van der Waals surface area contributed by atoms with Gasteiger partial charge in [-0.15, -0.1) is 0 Å². The molecule has 0 saturated carbocycles. The summed E-state index contributed by atoms with van der Waals surface area (Å²) >= 11 is 0. The van der Waals surface area contributed by atoms with Crippen molar-refractivity contribution in [3.8, 4) is 5.75 Å². The number of fused-ring (bicyclic) bond motifs is 3. The van der Waals surface area contributed by atoms with Gasteiger partial charge in [0, 0.05) is 16.8 Å². The number of methoxy groups -OCH3 is 2. The topological polar surface area (TPSA) is 79.7 Å². The molecule has 2 aromatic heterocycles. The lowest BCUT2D eigenvalue weighted by Gasteiger charge is -2.20. The number of nitrogens with zero attached hydrogens (tertiary/aromatic N) is 2. The van der Waals surface area contributed by atoms with Gasteiger partial charge in [-0.05, 0) is 45.9 Å². The molecule has 0 atom stereocenters. The molecule has 3 rings (SSSR count). The van der Waals surface area contributed by atoms with Crippen molar-refractivity contribution < 1.29 is 23.8 Å². The van der Waals surface area contributed by atoms with Gasteiger partial charge in [0.15, 0.2) is 0 Å². The predicted molar refractivity (Wildman–Crippen MR) is 101 cm³/mol. The number of carbonyl (C=O) groups is 2. The number of aromatic nitrogens is 2. The average molecular weight is 370 g/mol. The van der Waals surface area contributed by atoms with Crippen LogP contribution in [0.1, 0.15) is 37.0 Å². The Labute approximate surface area is 156 Å². The van der Waals surface area contributed by atoms with E-state index in [1.54, 1.807) is 53.0 Å². The van der Waals surface area contributed by atoms with Gasteiger partial charge in [0.2, 0.25) is 0 Å². The molecule has 0 saturated heterocycles. The summed E-state index contributed by atoms with van der Waals surface area (Å²) in [5, 5.41) is 1.50. The summed E-state index contributed by atoms with van der Waals surface area (Å²) in [6, 6.07) is 7.03. The molecule has 3 aromatic rings. The molecule has 0 aliphatic carbocycles. The highest BCUT2D eigenvalue weighted by atomic mass is 16.6. The van der Waals surface area contributed by atoms with Crippen molar-refractivity contribution >= 4 is 33.9 Å². The fourth-order valence-electron chi connectivity index (χ4n) is 3.03. The van der Waals surface area contributed by atoms with E-state index in [9.17, 15) is 9.59 Å². The molecule has 7 nitrogen and oxygen atoms in total. The predicted octanol–water partition coefficient (Wildman–Crippen LogP) is 4.08. The summed E-state index contributed by atoms with van der Waals surface area (Å²) in [4.78, 5) is 29.2. The summed E-state index contributed by atoms with van der Waals surface area (Å²) in [7, 11) is 2.86. The third kappa shape index (κ3) is 3.32. The molecule has 2 heterocycles. The zero-order valence-electron chi connectivity index (χ0n) is 16.2. The van der Waals surface area contributed by atoms with Crippen molar-refractivity contribution in [2.24, 2.45) is 0 Å². The lowest BCUT2D eigenvalue weighted by atomic mass is 10.1. The molecule has 27 heavy (non-hydrogen) atoms. The van der Waals surface area contributed by atoms with Crippen molar-refractivity contribution in [3.05, 3.63) is 35.7 Å². The van der Waals surface area contributed by atoms with Gasteiger partial charge in [0.05, 0.1) is 30.9 Å². The number of hydrogen-bond acceptors (Lipinski definition) is 6. The molecule has 0 bridgehead atoms. The van der Waals surface area contributed by atoms with Gasteiger partial charge < -0.3 is 14.2 Å². The number of ether oxygens (including phenoxy) is 3. The first-order valence-electron chi connectivity index (χ1n) is 8.47. The van der Waals surface area contributed by atoms with Gasteiger partial charge in [-0.3, -0.25) is 0 Å². The number of hydrogen-bond donors (Lipinski definition) is 0. The zero-order valence-corrected chi connectivity index (χ0v) is 16.2. The first-order chi connectivity index (χ1) is 12.7. The Morgan fingerprint density at radius 2 is 1.78 bits per heavy atom. The number of benzene rings is 1. The van der Waals surface area contributed by atoms with Gasteiger partial charge >= 0.3 is 12.1 Å². The summed E-state index contributed by atoms with van der Waals surface area (Å²) < 4.78 is 17.2. The first kappa shape index (κ1) is 18.7. The largest absolute Gasteiger partial charge is 0.497 e. The minimum atomic E-state index is -0.661. The highest BCUT2D eigenvalue weighted by molar-refractivity contribution is 6.14. The molecule has 0 radical (unpaired) electrons. The Kier molecular flexibility index (Phi) is 4.55. The van der Waals surface area contributed by atoms with Crippen LogP contribution in [0.15, 0.2) is 24.3 Å². The van der Waals surface area contributed by atoms with Crippen molar-refractivity contribution in [1.82, 2.24) is 9.55 Å². The van der Waals surface area contributed by atoms with E-state index in [1.165, 1.54) is 11.7 Å². The monoisotopic (exact) mass is 370 g/mol. The van der Waals surface area contributed by atoms with Crippen LogP contribution in [0, 0.1) is 6.92 Å². The fourth-order valence-corrected chi connectivity index (χ4v) is 3.03. The van der Waals surface area contributed by atoms with Crippen molar-refractivity contribution in [3.63, 3.8) is 0 Å². The van der Waals surface area contributed by atoms with E-state index in [2.05, 4.69) is 4.98 Å². The molecule has 0 unspecified atom stereocenters. The Hall–Kier alpha value is -3.09. The smallest absolute Gasteiger partial charge is 0.419 e. The highest BCUT2D eigenvalue weighted by Crippen LogP contribution is 2.34. The van der Waals surface area contributed by atoms with Crippen LogP contribution >= 0.6 is 0 Å². The van der Waals surface area contributed by atoms with E-state index in [0.29, 0.717) is 27.9 Å². The fraction of sp³-hybridized carbons (Fsp3) is 0.350. The standard InChI is InChI=1S/C20H22N2O5/c1-11-17-14(10-15(21-11)18(23)26-6)13-8-7-12(25-5)9-16(13)22(17)19(24)27-20(2,3)4/h7-10H,1-6H3. The van der Waals surface area contributed by atoms with E-state index in [-0.39, 0.29) is 5.69 Å². The van der Waals surface area contributed by atoms with E-state index < -0.39 is 17.7 Å². The molecule has 0 aliphatic heterocycles. The minimum Gasteiger partial charge on any atom is -0.497 e. The summed E-state index contributed by atoms with van der Waals surface area (Å²) in [5.74, 6) is 0.0700. The van der Waals surface area contributed by atoms with Crippen LogP contribution in [0.2, 0.25) is 0 Å². The Balaban J connectivity index is 2.39. The van der Waals surface area contributed by atoms with Crippen LogP contribution in [-0.4, -0.2) is 41.4 Å². The molecule has 0 aliphatic rings. The van der Waals surface area contributed by atoms with Crippen LogP contribution in [0.5, 0.6) is 5.75 Å². The average Bonchev–Trinajstić information content (AvgIpc) is 2.93. The third-order valence-electron chi connectivity index (χ3n) is 4.10. The molecular weight excluding hydrogens is 348 g/mol. The lowest BCUT2D eigenvalue weighted by Crippen LogP contribution is -2.27. The lowest BCUT2D eigenvalue weighted by molar-refractivity contribution is 0.0550. The van der Waals surface area contributed by atoms with Gasteiger partial charge in [-0.2, -0.15) is 0 Å². The second kappa shape index (κ2) is 6.57. The summed E-state index contributed by atoms with van der Waals surface area (Å²) in [5.41, 5.74) is 1.24. The molecule has 1 aromatic carbocycles. The molecule has 0 fully saturated rings. The van der Waals surface area contributed by atoms with Gasteiger partial charge in [-0.1, -0.05) is 0 Å². The van der Waals surface area contributed by atoms with Crippen LogP contribution in [-0.2, 0) is 9.47 Å². The summed E-state index contributed by atoms with van der Waals surface area (Å²) in [6.07, 6.45) is -0.522. The van der Waals surface area contributed by atoms with Crippen LogP contribution in [0.25, 0.3) is 21.8 Å². The maximum atomic E-state index is 13.0.